The van der Waals surface area contributed by atoms with Crippen molar-refractivity contribution in [2.24, 2.45) is 7.05 Å². The van der Waals surface area contributed by atoms with Crippen LogP contribution in [0.25, 0.3) is 21.5 Å². The second-order valence-corrected chi connectivity index (χ2v) is 10.5. The fourth-order valence-electron chi connectivity index (χ4n) is 3.91. The Morgan fingerprint density at radius 3 is 2.87 bits per heavy atom. The van der Waals surface area contributed by atoms with Gasteiger partial charge in [-0.3, -0.25) is 10.1 Å². The summed E-state index contributed by atoms with van der Waals surface area (Å²) >= 11 is 4.57. The van der Waals surface area contributed by atoms with Gasteiger partial charge in [-0.2, -0.15) is 0 Å². The number of benzene rings is 1. The van der Waals surface area contributed by atoms with E-state index in [1.165, 1.54) is 65.3 Å². The Bertz CT molecular complexity index is 1210. The Balaban J connectivity index is 1.22. The number of nitrogens with one attached hydrogen (secondary N) is 1. The topological polar surface area (TPSA) is 85.6 Å². The summed E-state index contributed by atoms with van der Waals surface area (Å²) in [7, 11) is 1.93. The van der Waals surface area contributed by atoms with Crippen LogP contribution < -0.4 is 5.32 Å². The third kappa shape index (κ3) is 4.37. The van der Waals surface area contributed by atoms with Gasteiger partial charge in [0.05, 0.1) is 5.75 Å². The highest BCUT2D eigenvalue weighted by atomic mass is 32.2. The highest BCUT2D eigenvalue weighted by molar-refractivity contribution is 7.99. The molecular formula is C21H22N6OS3. The minimum absolute atomic E-state index is 0.109. The Morgan fingerprint density at radius 1 is 1.16 bits per heavy atom. The number of rotatable bonds is 6. The summed E-state index contributed by atoms with van der Waals surface area (Å²) in [6.45, 7) is 0. The Hall–Kier alpha value is -2.30. The number of thioether (sulfide) groups is 1. The van der Waals surface area contributed by atoms with Gasteiger partial charge in [0.15, 0.2) is 11.0 Å². The number of hydrogen-bond acceptors (Lipinski definition) is 8. The maximum atomic E-state index is 12.4. The third-order valence-corrected chi connectivity index (χ3v) is 8.52. The van der Waals surface area contributed by atoms with E-state index in [-0.39, 0.29) is 11.7 Å². The Morgan fingerprint density at radius 2 is 2.00 bits per heavy atom. The largest absolute Gasteiger partial charge is 0.305 e. The molecule has 1 N–H and O–H groups in total. The SMILES string of the molecule is Cn1c(SCC(=O)Nc2nnc(C3CCCCC3)s2)nnc1-c1csc2ccccc12. The van der Waals surface area contributed by atoms with Crippen LogP contribution in [0, 0.1) is 0 Å². The van der Waals surface area contributed by atoms with Gasteiger partial charge in [0.2, 0.25) is 11.0 Å². The van der Waals surface area contributed by atoms with Crippen molar-refractivity contribution < 1.29 is 4.79 Å². The van der Waals surface area contributed by atoms with Crippen LogP contribution in [-0.2, 0) is 11.8 Å². The fourth-order valence-corrected chi connectivity index (χ4v) is 6.49. The fraction of sp³-hybridized carbons (Fsp3) is 0.381. The highest BCUT2D eigenvalue weighted by Crippen LogP contribution is 2.36. The molecule has 10 heteroatoms. The molecule has 1 fully saturated rings. The lowest BCUT2D eigenvalue weighted by Gasteiger charge is -2.18. The minimum Gasteiger partial charge on any atom is -0.305 e. The molecule has 7 nitrogen and oxygen atoms in total. The molecule has 0 spiro atoms. The summed E-state index contributed by atoms with van der Waals surface area (Å²) in [6, 6.07) is 8.27. The lowest BCUT2D eigenvalue weighted by atomic mass is 9.90. The zero-order valence-electron chi connectivity index (χ0n) is 17.1. The number of thiophene rings is 1. The molecule has 1 amide bonds. The molecule has 0 radical (unpaired) electrons. The maximum absolute atomic E-state index is 12.4. The molecule has 3 aromatic heterocycles. The smallest absolute Gasteiger partial charge is 0.236 e. The van der Waals surface area contributed by atoms with Gasteiger partial charge in [-0.1, -0.05) is 60.6 Å². The number of nitrogens with zero attached hydrogens (tertiary/aromatic N) is 5. The summed E-state index contributed by atoms with van der Waals surface area (Å²) in [4.78, 5) is 12.4. The summed E-state index contributed by atoms with van der Waals surface area (Å²) in [6.07, 6.45) is 6.16. The third-order valence-electron chi connectivity index (χ3n) is 5.53. The average Bonchev–Trinajstić information content (AvgIpc) is 3.52. The van der Waals surface area contributed by atoms with Gasteiger partial charge in [0.25, 0.3) is 0 Å². The number of anilines is 1. The molecule has 1 saturated carbocycles. The quantitative estimate of drug-likeness (QED) is 0.384. The predicted molar refractivity (Wildman–Crippen MR) is 127 cm³/mol. The van der Waals surface area contributed by atoms with Gasteiger partial charge in [-0.15, -0.1) is 31.7 Å². The summed E-state index contributed by atoms with van der Waals surface area (Å²) in [5, 5.41) is 25.6. The highest BCUT2D eigenvalue weighted by Gasteiger charge is 2.21. The number of fused-ring (bicyclic) bond motifs is 1. The second-order valence-electron chi connectivity index (χ2n) is 7.63. The molecule has 1 aromatic carbocycles. The van der Waals surface area contributed by atoms with Crippen LogP contribution >= 0.6 is 34.4 Å². The van der Waals surface area contributed by atoms with E-state index in [4.69, 9.17) is 0 Å². The van der Waals surface area contributed by atoms with Crippen molar-refractivity contribution >= 4 is 55.6 Å². The van der Waals surface area contributed by atoms with E-state index < -0.39 is 0 Å². The first-order valence-corrected chi connectivity index (χ1v) is 13.0. The van der Waals surface area contributed by atoms with E-state index in [0.29, 0.717) is 16.2 Å². The van der Waals surface area contributed by atoms with Crippen LogP contribution in [0.2, 0.25) is 0 Å². The first-order chi connectivity index (χ1) is 15.2. The molecule has 0 aliphatic heterocycles. The number of carbonyl (C=O) groups is 1. The van der Waals surface area contributed by atoms with E-state index in [1.807, 2.05) is 23.7 Å². The standard InChI is InChI=1S/C21H22N6OS3/c1-27-18(15-11-29-16-10-6-5-9-14(15)16)23-26-21(27)30-12-17(28)22-20-25-24-19(31-20)13-7-3-2-4-8-13/h5-6,9-11,13H,2-4,7-8,12H2,1H3,(H,22,25,28). The lowest BCUT2D eigenvalue weighted by Crippen LogP contribution is -2.14. The minimum atomic E-state index is -0.109. The number of aromatic nitrogens is 5. The van der Waals surface area contributed by atoms with Gasteiger partial charge in [-0.05, 0) is 18.9 Å². The average molecular weight is 471 g/mol. The maximum Gasteiger partial charge on any atom is 0.236 e. The van der Waals surface area contributed by atoms with Crippen molar-refractivity contribution in [1.29, 1.82) is 0 Å². The molecule has 160 valence electrons. The van der Waals surface area contributed by atoms with Crippen molar-refractivity contribution in [3.05, 3.63) is 34.7 Å². The summed E-state index contributed by atoms with van der Waals surface area (Å²) in [5.41, 5.74) is 1.07. The monoisotopic (exact) mass is 470 g/mol. The zero-order valence-corrected chi connectivity index (χ0v) is 19.5. The van der Waals surface area contributed by atoms with Crippen LogP contribution in [0.4, 0.5) is 5.13 Å². The van der Waals surface area contributed by atoms with Crippen LogP contribution in [0.15, 0.2) is 34.8 Å². The van der Waals surface area contributed by atoms with E-state index in [0.717, 1.165) is 16.4 Å². The Kier molecular flexibility index (Phi) is 6.02. The molecule has 0 saturated heterocycles. The van der Waals surface area contributed by atoms with Crippen molar-refractivity contribution in [3.63, 3.8) is 0 Å². The predicted octanol–water partition coefficient (Wildman–Crippen LogP) is 5.33. The number of carbonyl (C=O) groups excluding carboxylic acids is 1. The number of hydrogen-bond donors (Lipinski definition) is 1. The van der Waals surface area contributed by atoms with Crippen molar-refractivity contribution in [2.45, 2.75) is 43.2 Å². The van der Waals surface area contributed by atoms with Gasteiger partial charge in [0, 0.05) is 34.0 Å². The normalized spacial score (nSPS) is 14.9. The first kappa shape index (κ1) is 20.6. The molecule has 1 aliphatic rings. The van der Waals surface area contributed by atoms with E-state index in [9.17, 15) is 4.79 Å². The van der Waals surface area contributed by atoms with E-state index >= 15 is 0 Å². The molecular weight excluding hydrogens is 448 g/mol. The zero-order chi connectivity index (χ0) is 21.2. The molecule has 5 rings (SSSR count). The summed E-state index contributed by atoms with van der Waals surface area (Å²) < 4.78 is 3.16. The van der Waals surface area contributed by atoms with Crippen LogP contribution in [-0.4, -0.2) is 36.6 Å². The van der Waals surface area contributed by atoms with Crippen molar-refractivity contribution in [3.8, 4) is 11.4 Å². The molecule has 4 aromatic rings. The van der Waals surface area contributed by atoms with Gasteiger partial charge in [-0.25, -0.2) is 0 Å². The van der Waals surface area contributed by atoms with Crippen LogP contribution in [0.3, 0.4) is 0 Å². The van der Waals surface area contributed by atoms with Gasteiger partial charge in [0.1, 0.15) is 5.01 Å². The van der Waals surface area contributed by atoms with E-state index in [1.54, 1.807) is 11.3 Å². The second kappa shape index (κ2) is 9.05. The molecule has 0 unspecified atom stereocenters. The number of amides is 1. The van der Waals surface area contributed by atoms with Crippen molar-refractivity contribution in [2.75, 3.05) is 11.1 Å². The molecule has 3 heterocycles. The van der Waals surface area contributed by atoms with Crippen LogP contribution in [0.5, 0.6) is 0 Å². The van der Waals surface area contributed by atoms with Crippen molar-refractivity contribution in [1.82, 2.24) is 25.0 Å². The Labute approximate surface area is 192 Å². The molecule has 0 bridgehead atoms. The van der Waals surface area contributed by atoms with Gasteiger partial charge < -0.3 is 4.57 Å². The molecule has 0 atom stereocenters. The van der Waals surface area contributed by atoms with Crippen LogP contribution in [0.1, 0.15) is 43.0 Å². The molecule has 31 heavy (non-hydrogen) atoms. The first-order valence-electron chi connectivity index (χ1n) is 10.3. The lowest BCUT2D eigenvalue weighted by molar-refractivity contribution is -0.113. The van der Waals surface area contributed by atoms with E-state index in [2.05, 4.69) is 43.2 Å². The van der Waals surface area contributed by atoms with Gasteiger partial charge >= 0.3 is 0 Å². The summed E-state index contributed by atoms with van der Waals surface area (Å²) in [5.74, 6) is 1.44. The molecule has 1 aliphatic carbocycles.